The predicted octanol–water partition coefficient (Wildman–Crippen LogP) is 5.98. The number of ether oxygens (including phenoxy) is 1. The number of nitrogens with zero attached hydrogens (tertiary/aromatic N) is 1. The second-order valence-corrected chi connectivity index (χ2v) is 10.3. The van der Waals surface area contributed by atoms with E-state index in [4.69, 9.17) is 4.74 Å². The van der Waals surface area contributed by atoms with Gasteiger partial charge in [-0.05, 0) is 69.5 Å². The van der Waals surface area contributed by atoms with Gasteiger partial charge in [0.2, 0.25) is 5.91 Å². The van der Waals surface area contributed by atoms with E-state index in [1.165, 1.54) is 0 Å². The largest absolute Gasteiger partial charge is 0.444 e. The highest BCUT2D eigenvalue weighted by Crippen LogP contribution is 2.28. The fourth-order valence-electron chi connectivity index (χ4n) is 4.15. The van der Waals surface area contributed by atoms with Gasteiger partial charge in [0.05, 0.1) is 0 Å². The zero-order valence-electron chi connectivity index (χ0n) is 22.5. The van der Waals surface area contributed by atoms with Crippen molar-refractivity contribution in [3.63, 3.8) is 0 Å². The highest BCUT2D eigenvalue weighted by atomic mass is 16.6. The molecule has 2 atom stereocenters. The van der Waals surface area contributed by atoms with Crippen LogP contribution in [-0.4, -0.2) is 41.0 Å². The standard InChI is InChI=1S/C30H37N3O4/c1-7-21(3)33(26(34)19-31-29(36)37-30(4,5)6)27(24-14-10-11-20(2)17-24)28(35)32-25-16-15-22-12-8-9-13-23(22)18-25/h8-18,21,27H,7,19H2,1-6H3,(H,31,36)(H,32,35). The quantitative estimate of drug-likeness (QED) is 0.396. The molecular formula is C30H37N3O4. The lowest BCUT2D eigenvalue weighted by molar-refractivity contribution is -0.140. The number of hydrogen-bond donors (Lipinski definition) is 2. The zero-order chi connectivity index (χ0) is 27.2. The molecule has 0 fully saturated rings. The molecule has 2 unspecified atom stereocenters. The number of rotatable bonds is 8. The first-order chi connectivity index (χ1) is 17.5. The van der Waals surface area contributed by atoms with Crippen LogP contribution < -0.4 is 10.6 Å². The molecule has 0 aliphatic heterocycles. The van der Waals surface area contributed by atoms with Crippen molar-refractivity contribution in [3.8, 4) is 0 Å². The van der Waals surface area contributed by atoms with Gasteiger partial charge >= 0.3 is 6.09 Å². The molecule has 3 aromatic rings. The maximum absolute atomic E-state index is 13.8. The molecule has 0 saturated carbocycles. The van der Waals surface area contributed by atoms with E-state index in [2.05, 4.69) is 10.6 Å². The molecule has 3 rings (SSSR count). The summed E-state index contributed by atoms with van der Waals surface area (Å²) in [7, 11) is 0. The summed E-state index contributed by atoms with van der Waals surface area (Å²) in [5, 5.41) is 7.63. The van der Waals surface area contributed by atoms with Crippen molar-refractivity contribution in [2.24, 2.45) is 0 Å². The van der Waals surface area contributed by atoms with Crippen molar-refractivity contribution in [2.75, 3.05) is 11.9 Å². The van der Waals surface area contributed by atoms with Crippen LogP contribution in [0.4, 0.5) is 10.5 Å². The minimum atomic E-state index is -0.894. The zero-order valence-corrected chi connectivity index (χ0v) is 22.5. The first-order valence-electron chi connectivity index (χ1n) is 12.6. The van der Waals surface area contributed by atoms with Gasteiger partial charge in [-0.15, -0.1) is 0 Å². The van der Waals surface area contributed by atoms with E-state index in [1.54, 1.807) is 25.7 Å². The average molecular weight is 504 g/mol. The number of hydrogen-bond acceptors (Lipinski definition) is 4. The lowest BCUT2D eigenvalue weighted by atomic mass is 9.99. The minimum Gasteiger partial charge on any atom is -0.444 e. The van der Waals surface area contributed by atoms with Crippen molar-refractivity contribution >= 4 is 34.4 Å². The van der Waals surface area contributed by atoms with Crippen LogP contribution in [-0.2, 0) is 14.3 Å². The van der Waals surface area contributed by atoms with Gasteiger partial charge in [-0.1, -0.05) is 67.1 Å². The molecule has 0 saturated heterocycles. The Labute approximate surface area is 219 Å². The number of nitrogens with one attached hydrogen (secondary N) is 2. The van der Waals surface area contributed by atoms with Crippen LogP contribution in [0.3, 0.4) is 0 Å². The summed E-state index contributed by atoms with van der Waals surface area (Å²) in [5.74, 6) is -0.702. The second kappa shape index (κ2) is 11.9. The lowest BCUT2D eigenvalue weighted by Crippen LogP contribution is -2.50. The number of amides is 3. The summed E-state index contributed by atoms with van der Waals surface area (Å²) in [6.07, 6.45) is -0.0540. The lowest BCUT2D eigenvalue weighted by Gasteiger charge is -2.36. The van der Waals surface area contributed by atoms with E-state index in [9.17, 15) is 14.4 Å². The number of benzene rings is 3. The normalized spacial score (nSPS) is 12.9. The molecule has 3 aromatic carbocycles. The van der Waals surface area contributed by atoms with Crippen molar-refractivity contribution in [1.82, 2.24) is 10.2 Å². The SMILES string of the molecule is CCC(C)N(C(=O)CNC(=O)OC(C)(C)C)C(C(=O)Nc1ccc2ccccc2c1)c1cccc(C)c1. The van der Waals surface area contributed by atoms with Crippen molar-refractivity contribution < 1.29 is 19.1 Å². The Hall–Kier alpha value is -3.87. The number of fused-ring (bicyclic) bond motifs is 1. The summed E-state index contributed by atoms with van der Waals surface area (Å²) < 4.78 is 5.28. The number of carbonyl (C=O) groups is 3. The van der Waals surface area contributed by atoms with Gasteiger partial charge < -0.3 is 20.3 Å². The molecule has 0 radical (unpaired) electrons. The van der Waals surface area contributed by atoms with Crippen LogP contribution in [0.2, 0.25) is 0 Å². The Bertz CT molecular complexity index is 1260. The fraction of sp³-hybridized carbons (Fsp3) is 0.367. The molecule has 0 aliphatic carbocycles. The predicted molar refractivity (Wildman–Crippen MR) is 147 cm³/mol. The van der Waals surface area contributed by atoms with Gasteiger partial charge in [0.25, 0.3) is 5.91 Å². The van der Waals surface area contributed by atoms with Crippen molar-refractivity contribution in [1.29, 1.82) is 0 Å². The van der Waals surface area contributed by atoms with Gasteiger partial charge in [-0.25, -0.2) is 4.79 Å². The number of aryl methyl sites for hydroxylation is 1. The Morgan fingerprint density at radius 3 is 2.30 bits per heavy atom. The molecular weight excluding hydrogens is 466 g/mol. The molecule has 2 N–H and O–H groups in total. The van der Waals surface area contributed by atoms with Gasteiger partial charge in [-0.3, -0.25) is 9.59 Å². The Kier molecular flexibility index (Phi) is 8.92. The molecule has 3 amide bonds. The van der Waals surface area contributed by atoms with Gasteiger partial charge in [0.1, 0.15) is 18.2 Å². The molecule has 37 heavy (non-hydrogen) atoms. The first kappa shape index (κ1) is 27.7. The number of alkyl carbamates (subject to hydrolysis) is 1. The molecule has 196 valence electrons. The third-order valence-electron chi connectivity index (χ3n) is 6.04. The van der Waals surface area contributed by atoms with E-state index in [-0.39, 0.29) is 24.4 Å². The molecule has 0 aromatic heterocycles. The fourth-order valence-corrected chi connectivity index (χ4v) is 4.15. The molecule has 0 heterocycles. The Balaban J connectivity index is 1.93. The first-order valence-corrected chi connectivity index (χ1v) is 12.6. The summed E-state index contributed by atoms with van der Waals surface area (Å²) in [5.41, 5.74) is 1.63. The topological polar surface area (TPSA) is 87.7 Å². The van der Waals surface area contributed by atoms with Crippen LogP contribution in [0.1, 0.15) is 58.2 Å². The van der Waals surface area contributed by atoms with E-state index >= 15 is 0 Å². The van der Waals surface area contributed by atoms with Gasteiger partial charge in [-0.2, -0.15) is 0 Å². The smallest absolute Gasteiger partial charge is 0.408 e. The van der Waals surface area contributed by atoms with Crippen LogP contribution >= 0.6 is 0 Å². The van der Waals surface area contributed by atoms with Crippen molar-refractivity contribution in [2.45, 2.75) is 65.6 Å². The summed E-state index contributed by atoms with van der Waals surface area (Å²) in [6.45, 7) is 10.8. The van der Waals surface area contributed by atoms with Crippen LogP contribution in [0.5, 0.6) is 0 Å². The Morgan fingerprint density at radius 2 is 1.65 bits per heavy atom. The maximum atomic E-state index is 13.8. The minimum absolute atomic E-state index is 0.263. The van der Waals surface area contributed by atoms with E-state index < -0.39 is 17.7 Å². The summed E-state index contributed by atoms with van der Waals surface area (Å²) in [6, 6.07) is 20.1. The third kappa shape index (κ3) is 7.56. The average Bonchev–Trinajstić information content (AvgIpc) is 2.84. The van der Waals surface area contributed by atoms with E-state index in [0.29, 0.717) is 17.7 Å². The number of carbonyl (C=O) groups excluding carboxylic acids is 3. The highest BCUT2D eigenvalue weighted by molar-refractivity contribution is 6.00. The molecule has 7 nitrogen and oxygen atoms in total. The second-order valence-electron chi connectivity index (χ2n) is 10.3. The number of anilines is 1. The monoisotopic (exact) mass is 503 g/mol. The highest BCUT2D eigenvalue weighted by Gasteiger charge is 2.34. The summed E-state index contributed by atoms with van der Waals surface area (Å²) >= 11 is 0. The van der Waals surface area contributed by atoms with Gasteiger partial charge in [0.15, 0.2) is 0 Å². The van der Waals surface area contributed by atoms with E-state index in [0.717, 1.165) is 16.3 Å². The molecule has 0 spiro atoms. The maximum Gasteiger partial charge on any atom is 0.408 e. The van der Waals surface area contributed by atoms with E-state index in [1.807, 2.05) is 87.5 Å². The summed E-state index contributed by atoms with van der Waals surface area (Å²) in [4.78, 5) is 41.1. The Morgan fingerprint density at radius 1 is 0.946 bits per heavy atom. The van der Waals surface area contributed by atoms with Crippen LogP contribution in [0.25, 0.3) is 10.8 Å². The van der Waals surface area contributed by atoms with Crippen LogP contribution in [0, 0.1) is 6.92 Å². The third-order valence-corrected chi connectivity index (χ3v) is 6.04. The van der Waals surface area contributed by atoms with Gasteiger partial charge in [0, 0.05) is 11.7 Å². The molecule has 0 bridgehead atoms. The van der Waals surface area contributed by atoms with Crippen LogP contribution in [0.15, 0.2) is 66.7 Å². The van der Waals surface area contributed by atoms with Crippen molar-refractivity contribution in [3.05, 3.63) is 77.9 Å². The molecule has 0 aliphatic rings. The molecule has 7 heteroatoms.